The van der Waals surface area contributed by atoms with Crippen LogP contribution < -0.4 is 5.73 Å². The topological polar surface area (TPSA) is 93.0 Å². The highest BCUT2D eigenvalue weighted by Crippen LogP contribution is 2.47. The minimum Gasteiger partial charge on any atom is -0.451 e. The van der Waals surface area contributed by atoms with E-state index in [1.54, 1.807) is 7.11 Å². The van der Waals surface area contributed by atoms with E-state index in [1.807, 2.05) is 6.92 Å². The second-order valence-corrected chi connectivity index (χ2v) is 6.20. The van der Waals surface area contributed by atoms with Gasteiger partial charge in [0.2, 0.25) is 12.1 Å². The Balaban J connectivity index is 1.98. The molecule has 1 aliphatic carbocycles. The van der Waals surface area contributed by atoms with Crippen LogP contribution in [0, 0.1) is 29.1 Å². The van der Waals surface area contributed by atoms with Crippen LogP contribution in [0.2, 0.25) is 0 Å². The van der Waals surface area contributed by atoms with Gasteiger partial charge in [0.15, 0.2) is 0 Å². The molecule has 6 unspecified atom stereocenters. The lowest BCUT2D eigenvalue weighted by atomic mass is 9.67. The molecule has 2 aliphatic heterocycles. The molecule has 0 amide bonds. The first-order valence-corrected chi connectivity index (χ1v) is 7.66. The zero-order valence-electron chi connectivity index (χ0n) is 12.5. The van der Waals surface area contributed by atoms with Crippen LogP contribution in [0.1, 0.15) is 32.6 Å². The van der Waals surface area contributed by atoms with E-state index >= 15 is 0 Å². The number of allylic oxidation sites excluding steroid dienone is 1. The van der Waals surface area contributed by atoms with Crippen molar-refractivity contribution in [3.8, 4) is 6.07 Å². The SMILES string of the molecule is COC1CCCCC1C1C(C#N)=C(N)OC2N=NC(C)C21. The lowest BCUT2D eigenvalue weighted by Gasteiger charge is -2.42. The third-order valence-corrected chi connectivity index (χ3v) is 5.15. The summed E-state index contributed by atoms with van der Waals surface area (Å²) in [6.45, 7) is 2.03. The molecule has 6 heteroatoms. The lowest BCUT2D eigenvalue weighted by molar-refractivity contribution is -0.0418. The summed E-state index contributed by atoms with van der Waals surface area (Å²) in [6, 6.07) is 2.32. The molecule has 1 fully saturated rings. The molecule has 0 aromatic rings. The average Bonchev–Trinajstić information content (AvgIpc) is 2.86. The van der Waals surface area contributed by atoms with E-state index < -0.39 is 0 Å². The highest BCUT2D eigenvalue weighted by molar-refractivity contribution is 5.31. The number of azo groups is 1. The molecule has 6 nitrogen and oxygen atoms in total. The van der Waals surface area contributed by atoms with Crippen LogP contribution in [0.5, 0.6) is 0 Å². The Labute approximate surface area is 125 Å². The Morgan fingerprint density at radius 2 is 2.10 bits per heavy atom. The van der Waals surface area contributed by atoms with Gasteiger partial charge in [-0.15, -0.1) is 5.11 Å². The lowest BCUT2D eigenvalue weighted by Crippen LogP contribution is -2.46. The zero-order valence-corrected chi connectivity index (χ0v) is 12.5. The highest BCUT2D eigenvalue weighted by Gasteiger charge is 2.51. The second kappa shape index (κ2) is 5.64. The van der Waals surface area contributed by atoms with Crippen LogP contribution in [0.25, 0.3) is 0 Å². The fraction of sp³-hybridized carbons (Fsp3) is 0.800. The van der Waals surface area contributed by atoms with Gasteiger partial charge in [-0.1, -0.05) is 12.8 Å². The maximum absolute atomic E-state index is 9.56. The number of nitrogens with two attached hydrogens (primary N) is 1. The van der Waals surface area contributed by atoms with Crippen LogP contribution >= 0.6 is 0 Å². The molecule has 0 bridgehead atoms. The van der Waals surface area contributed by atoms with Crippen LogP contribution in [0.15, 0.2) is 21.7 Å². The highest BCUT2D eigenvalue weighted by atomic mass is 16.5. The van der Waals surface area contributed by atoms with Gasteiger partial charge in [0.1, 0.15) is 6.07 Å². The molecule has 6 atom stereocenters. The summed E-state index contributed by atoms with van der Waals surface area (Å²) in [6.07, 6.45) is 4.26. The number of fused-ring (bicyclic) bond motifs is 1. The van der Waals surface area contributed by atoms with E-state index in [0.29, 0.717) is 11.5 Å². The van der Waals surface area contributed by atoms with Crippen LogP contribution in [0.4, 0.5) is 0 Å². The molecule has 0 aromatic carbocycles. The Morgan fingerprint density at radius 1 is 1.33 bits per heavy atom. The number of nitrogens with zero attached hydrogens (tertiary/aromatic N) is 3. The molecule has 114 valence electrons. The van der Waals surface area contributed by atoms with Gasteiger partial charge in [0.25, 0.3) is 0 Å². The Kier molecular flexibility index (Phi) is 3.85. The number of hydrogen-bond donors (Lipinski definition) is 1. The summed E-state index contributed by atoms with van der Waals surface area (Å²) in [7, 11) is 1.76. The van der Waals surface area contributed by atoms with Crippen molar-refractivity contribution in [2.24, 2.45) is 33.7 Å². The molecular formula is C15H22N4O2. The monoisotopic (exact) mass is 290 g/mol. The summed E-state index contributed by atoms with van der Waals surface area (Å²) in [5, 5.41) is 18.0. The first-order valence-electron chi connectivity index (χ1n) is 7.66. The average molecular weight is 290 g/mol. The molecule has 1 saturated carbocycles. The smallest absolute Gasteiger partial charge is 0.215 e. The van der Waals surface area contributed by atoms with Crippen molar-refractivity contribution in [3.63, 3.8) is 0 Å². The van der Waals surface area contributed by atoms with Gasteiger partial charge in [0.05, 0.1) is 23.6 Å². The van der Waals surface area contributed by atoms with Gasteiger partial charge in [-0.05, 0) is 25.7 Å². The maximum Gasteiger partial charge on any atom is 0.215 e. The minimum absolute atomic E-state index is 0.0315. The number of rotatable bonds is 2. The largest absolute Gasteiger partial charge is 0.451 e. The number of methoxy groups -OCH3 is 1. The van der Waals surface area contributed by atoms with Crippen molar-refractivity contribution in [1.29, 1.82) is 5.26 Å². The van der Waals surface area contributed by atoms with Gasteiger partial charge in [-0.3, -0.25) is 0 Å². The fourth-order valence-electron chi connectivity index (χ4n) is 4.15. The summed E-state index contributed by atoms with van der Waals surface area (Å²) in [5.41, 5.74) is 6.53. The molecule has 3 aliphatic rings. The molecule has 0 spiro atoms. The van der Waals surface area contributed by atoms with Gasteiger partial charge < -0.3 is 15.2 Å². The predicted octanol–water partition coefficient (Wildman–Crippen LogP) is 2.33. The van der Waals surface area contributed by atoms with E-state index in [2.05, 4.69) is 16.3 Å². The minimum atomic E-state index is -0.346. The molecule has 2 N–H and O–H groups in total. The van der Waals surface area contributed by atoms with E-state index in [1.165, 1.54) is 12.8 Å². The summed E-state index contributed by atoms with van der Waals surface area (Å²) >= 11 is 0. The number of ether oxygens (including phenoxy) is 2. The van der Waals surface area contributed by atoms with Gasteiger partial charge in [0, 0.05) is 13.0 Å². The first-order chi connectivity index (χ1) is 10.2. The number of nitriles is 1. The van der Waals surface area contributed by atoms with Crippen molar-refractivity contribution < 1.29 is 9.47 Å². The Morgan fingerprint density at radius 3 is 2.81 bits per heavy atom. The zero-order chi connectivity index (χ0) is 15.0. The van der Waals surface area contributed by atoms with E-state index in [0.717, 1.165) is 12.8 Å². The van der Waals surface area contributed by atoms with Gasteiger partial charge >= 0.3 is 0 Å². The quantitative estimate of drug-likeness (QED) is 0.844. The summed E-state index contributed by atoms with van der Waals surface area (Å²) < 4.78 is 11.3. The predicted molar refractivity (Wildman–Crippen MR) is 75.8 cm³/mol. The van der Waals surface area contributed by atoms with E-state index in [4.69, 9.17) is 15.2 Å². The molecule has 21 heavy (non-hydrogen) atoms. The third-order valence-electron chi connectivity index (χ3n) is 5.15. The molecule has 0 saturated heterocycles. The number of hydrogen-bond acceptors (Lipinski definition) is 6. The fourth-order valence-corrected chi connectivity index (χ4v) is 4.15. The van der Waals surface area contributed by atoms with Crippen molar-refractivity contribution in [2.45, 2.75) is 51.0 Å². The van der Waals surface area contributed by atoms with Crippen molar-refractivity contribution in [3.05, 3.63) is 11.5 Å². The normalized spacial score (nSPS) is 42.3. The van der Waals surface area contributed by atoms with E-state index in [-0.39, 0.29) is 36.1 Å². The van der Waals surface area contributed by atoms with Crippen molar-refractivity contribution in [2.75, 3.05) is 7.11 Å². The van der Waals surface area contributed by atoms with Crippen molar-refractivity contribution >= 4 is 0 Å². The van der Waals surface area contributed by atoms with E-state index in [9.17, 15) is 5.26 Å². The second-order valence-electron chi connectivity index (χ2n) is 6.20. The Bertz CT molecular complexity index is 510. The molecule has 3 rings (SSSR count). The van der Waals surface area contributed by atoms with Crippen LogP contribution in [0.3, 0.4) is 0 Å². The molecule has 0 aromatic heterocycles. The van der Waals surface area contributed by atoms with Crippen LogP contribution in [-0.4, -0.2) is 25.5 Å². The standard InChI is InChI=1S/C15H22N4O2/c1-8-12-13(9-5-3-4-6-11(9)20-2)10(7-16)14(17)21-15(12)19-18-8/h8-9,11-13,15H,3-6,17H2,1-2H3. The van der Waals surface area contributed by atoms with Gasteiger partial charge in [-0.25, -0.2) is 0 Å². The summed E-state index contributed by atoms with van der Waals surface area (Å²) in [5.74, 6) is 0.633. The first kappa shape index (κ1) is 14.3. The molecule has 2 heterocycles. The molecule has 0 radical (unpaired) electrons. The maximum atomic E-state index is 9.56. The van der Waals surface area contributed by atoms with Gasteiger partial charge in [-0.2, -0.15) is 10.4 Å². The Hall–Kier alpha value is -1.61. The molecular weight excluding hydrogens is 268 g/mol. The van der Waals surface area contributed by atoms with Crippen LogP contribution in [-0.2, 0) is 9.47 Å². The summed E-state index contributed by atoms with van der Waals surface area (Å²) in [4.78, 5) is 0. The van der Waals surface area contributed by atoms with Crippen molar-refractivity contribution in [1.82, 2.24) is 0 Å². The third kappa shape index (κ3) is 2.30.